The lowest BCUT2D eigenvalue weighted by Crippen LogP contribution is -2.40. The minimum absolute atomic E-state index is 0.00639. The number of pyridine rings is 1. The summed E-state index contributed by atoms with van der Waals surface area (Å²) < 4.78 is 5.06. The highest BCUT2D eigenvalue weighted by Gasteiger charge is 2.38. The first-order valence-electron chi connectivity index (χ1n) is 10.7. The molecule has 1 aliphatic carbocycles. The number of carbonyl (C=O) groups excluding carboxylic acids is 2. The number of carbonyl (C=O) groups is 2. The molecule has 0 radical (unpaired) electrons. The van der Waals surface area contributed by atoms with Crippen molar-refractivity contribution in [3.05, 3.63) is 42.0 Å². The average Bonchev–Trinajstić information content (AvgIpc) is 3.12. The van der Waals surface area contributed by atoms with E-state index in [-0.39, 0.29) is 35.6 Å². The third-order valence-corrected chi connectivity index (χ3v) is 6.08. The molecule has 3 heterocycles. The summed E-state index contributed by atoms with van der Waals surface area (Å²) >= 11 is 0. The standard InChI is InChI=1S/C23H29N5O3/c1-23(2)11-18-17(13-25-21(26-18)15-4-6-24-7-5-15)19(12-23)27-22(30)16-10-20(29)28(14-16)8-9-31-3/h4-7,13,16,19H,8-12,14H2,1-3H3,(H,27,30)/t16-,19-/m0/s1. The number of rotatable bonds is 6. The first kappa shape index (κ1) is 21.4. The van der Waals surface area contributed by atoms with Crippen LogP contribution in [0.4, 0.5) is 0 Å². The van der Waals surface area contributed by atoms with Crippen LogP contribution in [0.5, 0.6) is 0 Å². The van der Waals surface area contributed by atoms with Gasteiger partial charge in [-0.2, -0.15) is 0 Å². The lowest BCUT2D eigenvalue weighted by Gasteiger charge is -2.37. The van der Waals surface area contributed by atoms with Crippen molar-refractivity contribution in [3.63, 3.8) is 0 Å². The van der Waals surface area contributed by atoms with Gasteiger partial charge in [-0.3, -0.25) is 14.6 Å². The highest BCUT2D eigenvalue weighted by Crippen LogP contribution is 2.40. The predicted octanol–water partition coefficient (Wildman–Crippen LogP) is 2.16. The molecule has 2 atom stereocenters. The van der Waals surface area contributed by atoms with Gasteiger partial charge in [-0.15, -0.1) is 0 Å². The summed E-state index contributed by atoms with van der Waals surface area (Å²) in [5.41, 5.74) is 2.84. The number of fused-ring (bicyclic) bond motifs is 1. The van der Waals surface area contributed by atoms with Gasteiger partial charge >= 0.3 is 0 Å². The Hall–Kier alpha value is -2.87. The SMILES string of the molecule is COCCN1C[C@@H](C(=O)N[C@H]2CC(C)(C)Cc3nc(-c4ccncc4)ncc32)CC1=O. The van der Waals surface area contributed by atoms with Crippen LogP contribution in [0.15, 0.2) is 30.7 Å². The molecule has 0 bridgehead atoms. The average molecular weight is 424 g/mol. The van der Waals surface area contributed by atoms with Crippen molar-refractivity contribution in [1.29, 1.82) is 0 Å². The molecule has 0 saturated carbocycles. The van der Waals surface area contributed by atoms with Gasteiger partial charge in [0.05, 0.1) is 24.3 Å². The van der Waals surface area contributed by atoms with Crippen molar-refractivity contribution in [2.75, 3.05) is 26.8 Å². The summed E-state index contributed by atoms with van der Waals surface area (Å²) in [6, 6.07) is 3.61. The van der Waals surface area contributed by atoms with Crippen LogP contribution >= 0.6 is 0 Å². The highest BCUT2D eigenvalue weighted by atomic mass is 16.5. The summed E-state index contributed by atoms with van der Waals surface area (Å²) in [6.07, 6.45) is 7.16. The fourth-order valence-corrected chi connectivity index (χ4v) is 4.47. The summed E-state index contributed by atoms with van der Waals surface area (Å²) in [5.74, 6) is 0.251. The fraction of sp³-hybridized carbons (Fsp3) is 0.522. The minimum atomic E-state index is -0.338. The number of aromatic nitrogens is 3. The summed E-state index contributed by atoms with van der Waals surface area (Å²) in [5, 5.41) is 3.19. The highest BCUT2D eigenvalue weighted by molar-refractivity contribution is 5.89. The molecular formula is C23H29N5O3. The van der Waals surface area contributed by atoms with Crippen molar-refractivity contribution in [3.8, 4) is 11.4 Å². The zero-order valence-electron chi connectivity index (χ0n) is 18.3. The van der Waals surface area contributed by atoms with Crippen molar-refractivity contribution in [2.45, 2.75) is 39.2 Å². The Bertz CT molecular complexity index is 963. The minimum Gasteiger partial charge on any atom is -0.383 e. The Morgan fingerprint density at radius 2 is 2.10 bits per heavy atom. The Balaban J connectivity index is 1.52. The second kappa shape index (κ2) is 8.70. The molecule has 8 nitrogen and oxygen atoms in total. The van der Waals surface area contributed by atoms with Gasteiger partial charge in [0.1, 0.15) is 0 Å². The largest absolute Gasteiger partial charge is 0.383 e. The van der Waals surface area contributed by atoms with E-state index < -0.39 is 0 Å². The molecule has 1 saturated heterocycles. The van der Waals surface area contributed by atoms with E-state index >= 15 is 0 Å². The van der Waals surface area contributed by atoms with Crippen LogP contribution in [0.25, 0.3) is 11.4 Å². The number of ether oxygens (including phenoxy) is 1. The lowest BCUT2D eigenvalue weighted by atomic mass is 9.74. The van der Waals surface area contributed by atoms with E-state index in [9.17, 15) is 9.59 Å². The first-order valence-corrected chi connectivity index (χ1v) is 10.7. The van der Waals surface area contributed by atoms with Crippen molar-refractivity contribution in [1.82, 2.24) is 25.2 Å². The zero-order chi connectivity index (χ0) is 22.0. The van der Waals surface area contributed by atoms with E-state index in [4.69, 9.17) is 9.72 Å². The van der Waals surface area contributed by atoms with Crippen LogP contribution in [-0.4, -0.2) is 58.5 Å². The number of hydrogen-bond acceptors (Lipinski definition) is 6. The molecule has 1 aliphatic heterocycles. The van der Waals surface area contributed by atoms with E-state index in [1.54, 1.807) is 24.4 Å². The first-order chi connectivity index (χ1) is 14.9. The molecule has 164 valence electrons. The molecular weight excluding hydrogens is 394 g/mol. The van der Waals surface area contributed by atoms with Crippen LogP contribution in [0.2, 0.25) is 0 Å². The molecule has 1 N–H and O–H groups in total. The van der Waals surface area contributed by atoms with Crippen LogP contribution in [0.1, 0.15) is 44.0 Å². The molecule has 0 unspecified atom stereocenters. The molecule has 0 aromatic carbocycles. The zero-order valence-corrected chi connectivity index (χ0v) is 18.3. The van der Waals surface area contributed by atoms with Gasteiger partial charge in [0.25, 0.3) is 0 Å². The second-order valence-corrected chi connectivity index (χ2v) is 9.17. The maximum absolute atomic E-state index is 13.0. The van der Waals surface area contributed by atoms with Gasteiger partial charge < -0.3 is 15.0 Å². The number of nitrogens with one attached hydrogen (secondary N) is 1. The van der Waals surface area contributed by atoms with Gasteiger partial charge in [-0.1, -0.05) is 13.8 Å². The fourth-order valence-electron chi connectivity index (χ4n) is 4.47. The van der Waals surface area contributed by atoms with E-state index in [1.807, 2.05) is 18.3 Å². The maximum atomic E-state index is 13.0. The van der Waals surface area contributed by atoms with Gasteiger partial charge in [-0.25, -0.2) is 9.97 Å². The number of amides is 2. The number of likely N-dealkylation sites (tertiary alicyclic amines) is 1. The third-order valence-electron chi connectivity index (χ3n) is 6.08. The third kappa shape index (κ3) is 4.74. The summed E-state index contributed by atoms with van der Waals surface area (Å²) in [7, 11) is 1.61. The molecule has 2 aromatic heterocycles. The van der Waals surface area contributed by atoms with Crippen molar-refractivity contribution < 1.29 is 14.3 Å². The van der Waals surface area contributed by atoms with E-state index in [0.717, 1.165) is 29.7 Å². The molecule has 0 spiro atoms. The molecule has 2 aromatic rings. The molecule has 8 heteroatoms. The van der Waals surface area contributed by atoms with E-state index in [2.05, 4.69) is 29.1 Å². The van der Waals surface area contributed by atoms with E-state index in [0.29, 0.717) is 25.5 Å². The normalized spacial score (nSPS) is 22.3. The summed E-state index contributed by atoms with van der Waals surface area (Å²) in [4.78, 5) is 40.4. The number of hydrogen-bond donors (Lipinski definition) is 1. The predicted molar refractivity (Wildman–Crippen MR) is 115 cm³/mol. The number of methoxy groups -OCH3 is 1. The smallest absolute Gasteiger partial charge is 0.225 e. The summed E-state index contributed by atoms with van der Waals surface area (Å²) in [6.45, 7) is 5.81. The van der Waals surface area contributed by atoms with Gasteiger partial charge in [-0.05, 0) is 30.4 Å². The molecule has 2 amide bonds. The maximum Gasteiger partial charge on any atom is 0.225 e. The topological polar surface area (TPSA) is 97.3 Å². The molecule has 31 heavy (non-hydrogen) atoms. The van der Waals surface area contributed by atoms with Crippen molar-refractivity contribution in [2.24, 2.45) is 11.3 Å². The van der Waals surface area contributed by atoms with Crippen molar-refractivity contribution >= 4 is 11.8 Å². The van der Waals surface area contributed by atoms with Crippen LogP contribution < -0.4 is 5.32 Å². The molecule has 4 rings (SSSR count). The number of nitrogens with zero attached hydrogens (tertiary/aromatic N) is 4. The molecule has 2 aliphatic rings. The Morgan fingerprint density at radius 3 is 2.84 bits per heavy atom. The van der Waals surface area contributed by atoms with Crippen LogP contribution in [-0.2, 0) is 20.7 Å². The van der Waals surface area contributed by atoms with Gasteiger partial charge in [0, 0.05) is 56.3 Å². The van der Waals surface area contributed by atoms with E-state index in [1.165, 1.54) is 0 Å². The Labute approximate surface area is 182 Å². The Morgan fingerprint density at radius 1 is 1.32 bits per heavy atom. The monoisotopic (exact) mass is 423 g/mol. The van der Waals surface area contributed by atoms with Crippen LogP contribution in [0, 0.1) is 11.3 Å². The van der Waals surface area contributed by atoms with Gasteiger partial charge in [0.15, 0.2) is 5.82 Å². The van der Waals surface area contributed by atoms with Crippen LogP contribution in [0.3, 0.4) is 0 Å². The Kier molecular flexibility index (Phi) is 6.00. The quantitative estimate of drug-likeness (QED) is 0.765. The molecule has 1 fully saturated rings. The lowest BCUT2D eigenvalue weighted by molar-refractivity contribution is -0.129. The second-order valence-electron chi connectivity index (χ2n) is 9.17. The van der Waals surface area contributed by atoms with Gasteiger partial charge in [0.2, 0.25) is 11.8 Å².